The molecule has 27 heavy (non-hydrogen) atoms. The van der Waals surface area contributed by atoms with Crippen LogP contribution >= 0.6 is 0 Å². The van der Waals surface area contributed by atoms with E-state index in [4.69, 9.17) is 14.2 Å². The Bertz CT molecular complexity index is 741. The van der Waals surface area contributed by atoms with Gasteiger partial charge in [0.15, 0.2) is 11.5 Å². The summed E-state index contributed by atoms with van der Waals surface area (Å²) in [6, 6.07) is 12.9. The van der Waals surface area contributed by atoms with Crippen LogP contribution in [0.3, 0.4) is 0 Å². The van der Waals surface area contributed by atoms with Crippen molar-refractivity contribution in [1.82, 2.24) is 0 Å². The van der Waals surface area contributed by atoms with Gasteiger partial charge in [0.2, 0.25) is 0 Å². The van der Waals surface area contributed by atoms with Gasteiger partial charge in [0, 0.05) is 0 Å². The molecular formula is C22H28O5. The summed E-state index contributed by atoms with van der Waals surface area (Å²) >= 11 is 0. The van der Waals surface area contributed by atoms with E-state index >= 15 is 0 Å². The molecule has 2 aromatic carbocycles. The Labute approximate surface area is 160 Å². The van der Waals surface area contributed by atoms with Gasteiger partial charge >= 0.3 is 5.97 Å². The van der Waals surface area contributed by atoms with E-state index in [-0.39, 0.29) is 0 Å². The number of carbonyl (C=O) groups is 1. The van der Waals surface area contributed by atoms with E-state index in [1.165, 1.54) is 7.11 Å². The molecule has 0 aromatic heterocycles. The van der Waals surface area contributed by atoms with Crippen molar-refractivity contribution in [3.05, 3.63) is 53.6 Å². The van der Waals surface area contributed by atoms with Gasteiger partial charge in [0.1, 0.15) is 5.75 Å². The van der Waals surface area contributed by atoms with E-state index in [0.29, 0.717) is 30.1 Å². The summed E-state index contributed by atoms with van der Waals surface area (Å²) in [5, 5.41) is 9.74. The van der Waals surface area contributed by atoms with Gasteiger partial charge in [-0.3, -0.25) is 4.79 Å². The van der Waals surface area contributed by atoms with Crippen LogP contribution in [0.15, 0.2) is 42.5 Å². The number of hydrogen-bond donors (Lipinski definition) is 1. The number of aliphatic carboxylic acids is 1. The highest BCUT2D eigenvalue weighted by atomic mass is 16.5. The lowest BCUT2D eigenvalue weighted by Crippen LogP contribution is -2.14. The van der Waals surface area contributed by atoms with Crippen molar-refractivity contribution < 1.29 is 24.1 Å². The van der Waals surface area contributed by atoms with E-state index < -0.39 is 11.9 Å². The Balaban J connectivity index is 2.16. The van der Waals surface area contributed by atoms with Crippen LogP contribution in [-0.2, 0) is 11.2 Å². The largest absolute Gasteiger partial charge is 0.494 e. The van der Waals surface area contributed by atoms with Crippen molar-refractivity contribution in [3.8, 4) is 17.2 Å². The molecule has 0 aliphatic rings. The second-order valence-corrected chi connectivity index (χ2v) is 6.41. The average Bonchev–Trinajstić information content (AvgIpc) is 2.69. The first-order valence-electron chi connectivity index (χ1n) is 9.25. The van der Waals surface area contributed by atoms with Crippen LogP contribution in [0.2, 0.25) is 0 Å². The van der Waals surface area contributed by atoms with Gasteiger partial charge in [0.05, 0.1) is 26.7 Å². The molecule has 1 N–H and O–H groups in total. The van der Waals surface area contributed by atoms with Gasteiger partial charge in [0.25, 0.3) is 0 Å². The Morgan fingerprint density at radius 2 is 1.81 bits per heavy atom. The molecule has 0 radical (unpaired) electrons. The molecule has 0 aliphatic carbocycles. The molecule has 0 heterocycles. The fraction of sp³-hybridized carbons (Fsp3) is 0.409. The van der Waals surface area contributed by atoms with Crippen molar-refractivity contribution in [2.24, 2.45) is 0 Å². The van der Waals surface area contributed by atoms with Crippen LogP contribution in [0.25, 0.3) is 0 Å². The zero-order valence-electron chi connectivity index (χ0n) is 16.2. The molecule has 0 bridgehead atoms. The number of carboxylic acid groups (broad SMARTS) is 1. The van der Waals surface area contributed by atoms with Crippen LogP contribution < -0.4 is 14.2 Å². The lowest BCUT2D eigenvalue weighted by molar-refractivity contribution is -0.138. The molecule has 0 spiro atoms. The highest BCUT2D eigenvalue weighted by molar-refractivity contribution is 5.77. The number of rotatable bonds is 11. The summed E-state index contributed by atoms with van der Waals surface area (Å²) in [5.41, 5.74) is 1.60. The first kappa shape index (κ1) is 20.6. The molecule has 1 unspecified atom stereocenters. The number of methoxy groups -OCH3 is 2. The predicted octanol–water partition coefficient (Wildman–Crippen LogP) is 4.68. The molecule has 5 nitrogen and oxygen atoms in total. The maximum atomic E-state index is 11.9. The highest BCUT2D eigenvalue weighted by Gasteiger charge is 2.22. The Hall–Kier alpha value is -2.69. The molecule has 0 saturated heterocycles. The zero-order chi connectivity index (χ0) is 19.6. The topological polar surface area (TPSA) is 65.0 Å². The number of ether oxygens (including phenoxy) is 3. The molecule has 2 aromatic rings. The standard InChI is InChI=1S/C22H28O5/c1-4-5-6-12-27-18-9-7-8-16(13-18)14-19(22(23)24)17-10-11-20(25-2)21(15-17)26-3/h7-11,13,15,19H,4-6,12,14H2,1-3H3,(H,23,24). The molecule has 0 aliphatic heterocycles. The minimum Gasteiger partial charge on any atom is -0.494 e. The maximum absolute atomic E-state index is 11.9. The molecule has 5 heteroatoms. The lowest BCUT2D eigenvalue weighted by Gasteiger charge is -2.16. The van der Waals surface area contributed by atoms with Crippen LogP contribution in [0.5, 0.6) is 17.2 Å². The second-order valence-electron chi connectivity index (χ2n) is 6.41. The lowest BCUT2D eigenvalue weighted by atomic mass is 9.91. The molecule has 0 saturated carbocycles. The summed E-state index contributed by atoms with van der Waals surface area (Å²) in [4.78, 5) is 11.9. The normalized spacial score (nSPS) is 11.7. The Kier molecular flexibility index (Phi) is 7.99. The fourth-order valence-corrected chi connectivity index (χ4v) is 2.96. The van der Waals surface area contributed by atoms with Gasteiger partial charge in [-0.1, -0.05) is 38.0 Å². The summed E-state index contributed by atoms with van der Waals surface area (Å²) in [6.07, 6.45) is 3.68. The zero-order valence-corrected chi connectivity index (χ0v) is 16.2. The first-order valence-corrected chi connectivity index (χ1v) is 9.25. The minimum atomic E-state index is -0.878. The molecular weight excluding hydrogens is 344 g/mol. The molecule has 1 atom stereocenters. The van der Waals surface area contributed by atoms with Gasteiger partial charge < -0.3 is 19.3 Å². The quantitative estimate of drug-likeness (QED) is 0.580. The fourth-order valence-electron chi connectivity index (χ4n) is 2.96. The number of unbranched alkanes of at least 4 members (excludes halogenated alkanes) is 2. The average molecular weight is 372 g/mol. The number of benzene rings is 2. The van der Waals surface area contributed by atoms with Gasteiger partial charge in [-0.15, -0.1) is 0 Å². The van der Waals surface area contributed by atoms with Crippen LogP contribution in [-0.4, -0.2) is 31.9 Å². The van der Waals surface area contributed by atoms with Crippen molar-refractivity contribution in [1.29, 1.82) is 0 Å². The van der Waals surface area contributed by atoms with Crippen LogP contribution in [0.1, 0.15) is 43.2 Å². The Morgan fingerprint density at radius 1 is 1.04 bits per heavy atom. The van der Waals surface area contributed by atoms with E-state index in [1.807, 2.05) is 24.3 Å². The van der Waals surface area contributed by atoms with Crippen molar-refractivity contribution >= 4 is 5.97 Å². The van der Waals surface area contributed by atoms with E-state index in [2.05, 4.69) is 6.92 Å². The SMILES string of the molecule is CCCCCOc1cccc(CC(C(=O)O)c2ccc(OC)c(OC)c2)c1. The van der Waals surface area contributed by atoms with Crippen LogP contribution in [0, 0.1) is 0 Å². The minimum absolute atomic E-state index is 0.372. The smallest absolute Gasteiger partial charge is 0.311 e. The third-order valence-electron chi connectivity index (χ3n) is 4.46. The van der Waals surface area contributed by atoms with Crippen molar-refractivity contribution in [2.75, 3.05) is 20.8 Å². The first-order chi connectivity index (χ1) is 13.1. The molecule has 0 fully saturated rings. The van der Waals surface area contributed by atoms with Gasteiger partial charge in [-0.05, 0) is 48.2 Å². The van der Waals surface area contributed by atoms with Gasteiger partial charge in [-0.2, -0.15) is 0 Å². The number of hydrogen-bond acceptors (Lipinski definition) is 4. The number of carboxylic acids is 1. The van der Waals surface area contributed by atoms with Crippen molar-refractivity contribution in [2.45, 2.75) is 38.5 Å². The summed E-state index contributed by atoms with van der Waals surface area (Å²) < 4.78 is 16.3. The molecule has 2 rings (SSSR count). The predicted molar refractivity (Wildman–Crippen MR) is 105 cm³/mol. The Morgan fingerprint density at radius 3 is 2.48 bits per heavy atom. The van der Waals surface area contributed by atoms with E-state index in [9.17, 15) is 9.90 Å². The summed E-state index contributed by atoms with van der Waals surface area (Å²) in [5.74, 6) is 0.318. The van der Waals surface area contributed by atoms with E-state index in [1.54, 1.807) is 25.3 Å². The monoisotopic (exact) mass is 372 g/mol. The second kappa shape index (κ2) is 10.5. The third kappa shape index (κ3) is 5.91. The van der Waals surface area contributed by atoms with Gasteiger partial charge in [-0.25, -0.2) is 0 Å². The third-order valence-corrected chi connectivity index (χ3v) is 4.46. The summed E-state index contributed by atoms with van der Waals surface area (Å²) in [6.45, 7) is 2.83. The maximum Gasteiger partial charge on any atom is 0.311 e. The van der Waals surface area contributed by atoms with E-state index in [0.717, 1.165) is 30.6 Å². The van der Waals surface area contributed by atoms with Crippen LogP contribution in [0.4, 0.5) is 0 Å². The highest BCUT2D eigenvalue weighted by Crippen LogP contribution is 2.32. The summed E-state index contributed by atoms with van der Waals surface area (Å²) in [7, 11) is 3.09. The molecule has 0 amide bonds. The molecule has 146 valence electrons. The van der Waals surface area contributed by atoms with Crippen molar-refractivity contribution in [3.63, 3.8) is 0 Å².